The first-order valence-electron chi connectivity index (χ1n) is 14.3. The van der Waals surface area contributed by atoms with Crippen molar-refractivity contribution in [3.05, 3.63) is 30.3 Å². The maximum Gasteiger partial charge on any atom is 0.292 e. The summed E-state index contributed by atoms with van der Waals surface area (Å²) in [7, 11) is -2.11. The summed E-state index contributed by atoms with van der Waals surface area (Å²) in [6.45, 7) is 6.51. The van der Waals surface area contributed by atoms with Gasteiger partial charge in [0.2, 0.25) is 0 Å². The Kier molecular flexibility index (Phi) is 18.4. The molecule has 0 aliphatic heterocycles. The zero-order valence-electron chi connectivity index (χ0n) is 22.3. The van der Waals surface area contributed by atoms with E-state index in [4.69, 9.17) is 4.43 Å². The molecular formula is C30H54O2Si. The molecule has 0 heterocycles. The number of unbranched alkanes of at least 4 members (excludes halogenated alkanes) is 18. The van der Waals surface area contributed by atoms with Crippen molar-refractivity contribution < 1.29 is 9.22 Å². The zero-order valence-corrected chi connectivity index (χ0v) is 23.3. The Labute approximate surface area is 207 Å². The maximum absolute atomic E-state index is 12.2. The SMILES string of the molecule is CCCCCCCCCCCCCCCCCCCCCC(=O)O[Si](C)(C)c1ccccc1. The largest absolute Gasteiger partial charge is 0.515 e. The minimum absolute atomic E-state index is 0.0116. The van der Waals surface area contributed by atoms with Crippen LogP contribution in [-0.2, 0) is 9.22 Å². The van der Waals surface area contributed by atoms with Gasteiger partial charge >= 0.3 is 0 Å². The third kappa shape index (κ3) is 17.1. The molecule has 0 N–H and O–H groups in total. The smallest absolute Gasteiger partial charge is 0.292 e. The van der Waals surface area contributed by atoms with Crippen LogP contribution in [-0.4, -0.2) is 14.3 Å². The Morgan fingerprint density at radius 1 is 0.606 bits per heavy atom. The predicted molar refractivity (Wildman–Crippen MR) is 148 cm³/mol. The molecule has 1 rings (SSSR count). The van der Waals surface area contributed by atoms with Crippen LogP contribution in [0.4, 0.5) is 0 Å². The lowest BCUT2D eigenvalue weighted by Crippen LogP contribution is -2.46. The summed E-state index contributed by atoms with van der Waals surface area (Å²) in [6, 6.07) is 10.2. The van der Waals surface area contributed by atoms with Gasteiger partial charge in [-0.05, 0) is 24.7 Å². The van der Waals surface area contributed by atoms with Gasteiger partial charge in [-0.15, -0.1) is 0 Å². The second-order valence-electron chi connectivity index (χ2n) is 10.5. The van der Waals surface area contributed by atoms with Gasteiger partial charge in [-0.25, -0.2) is 0 Å². The molecule has 0 aliphatic rings. The average Bonchev–Trinajstić information content (AvgIpc) is 2.81. The summed E-state index contributed by atoms with van der Waals surface area (Å²) in [5, 5.41) is 1.19. The predicted octanol–water partition coefficient (Wildman–Crippen LogP) is 9.46. The van der Waals surface area contributed by atoms with Crippen molar-refractivity contribution in [2.45, 2.75) is 148 Å². The minimum atomic E-state index is -2.11. The minimum Gasteiger partial charge on any atom is -0.515 e. The summed E-state index contributed by atoms with van der Waals surface area (Å²) >= 11 is 0. The van der Waals surface area contributed by atoms with Gasteiger partial charge in [-0.1, -0.05) is 153 Å². The van der Waals surface area contributed by atoms with Crippen molar-refractivity contribution in [1.82, 2.24) is 0 Å². The van der Waals surface area contributed by atoms with Crippen LogP contribution in [0.3, 0.4) is 0 Å². The molecule has 0 saturated heterocycles. The Hall–Kier alpha value is -1.09. The molecular weight excluding hydrogens is 420 g/mol. The normalized spacial score (nSPS) is 11.6. The number of hydrogen-bond donors (Lipinski definition) is 0. The van der Waals surface area contributed by atoms with E-state index in [-0.39, 0.29) is 5.97 Å². The fraction of sp³-hybridized carbons (Fsp3) is 0.767. The van der Waals surface area contributed by atoms with Gasteiger partial charge in [0.1, 0.15) is 0 Å². The van der Waals surface area contributed by atoms with Crippen LogP contribution < -0.4 is 5.19 Å². The van der Waals surface area contributed by atoms with Crippen LogP contribution in [0.5, 0.6) is 0 Å². The molecule has 33 heavy (non-hydrogen) atoms. The highest BCUT2D eigenvalue weighted by molar-refractivity contribution is 6.85. The molecule has 0 saturated carbocycles. The Bertz CT molecular complexity index is 570. The first kappa shape index (κ1) is 29.9. The van der Waals surface area contributed by atoms with E-state index in [0.29, 0.717) is 6.42 Å². The van der Waals surface area contributed by atoms with Gasteiger partial charge < -0.3 is 4.43 Å². The van der Waals surface area contributed by atoms with E-state index >= 15 is 0 Å². The van der Waals surface area contributed by atoms with E-state index in [9.17, 15) is 4.79 Å². The molecule has 2 nitrogen and oxygen atoms in total. The number of rotatable bonds is 22. The fourth-order valence-corrected chi connectivity index (χ4v) is 6.37. The highest BCUT2D eigenvalue weighted by Gasteiger charge is 2.28. The summed E-state index contributed by atoms with van der Waals surface area (Å²) in [4.78, 5) is 12.2. The van der Waals surface area contributed by atoms with Gasteiger partial charge in [0, 0.05) is 6.42 Å². The summed E-state index contributed by atoms with van der Waals surface area (Å²) < 4.78 is 5.86. The molecule has 0 aliphatic carbocycles. The molecule has 1 aromatic rings. The standard InChI is InChI=1S/C30H54O2Si/c1-4-5-6-7-8-9-10-11-12-13-14-15-16-17-18-19-20-21-25-28-30(31)32-33(2,3)29-26-23-22-24-27-29/h22-24,26-27H,4-21,25,28H2,1-3H3. The fourth-order valence-electron chi connectivity index (χ4n) is 4.58. The van der Waals surface area contributed by atoms with Gasteiger partial charge in [0.25, 0.3) is 14.3 Å². The number of carbonyl (C=O) groups excluding carboxylic acids is 1. The monoisotopic (exact) mass is 474 g/mol. The first-order chi connectivity index (χ1) is 16.1. The molecule has 0 bridgehead atoms. The van der Waals surface area contributed by atoms with E-state index < -0.39 is 8.32 Å². The molecule has 0 unspecified atom stereocenters. The molecule has 0 fully saturated rings. The Morgan fingerprint density at radius 2 is 0.970 bits per heavy atom. The third-order valence-corrected chi connectivity index (χ3v) is 9.28. The number of carbonyl (C=O) groups is 1. The van der Waals surface area contributed by atoms with Gasteiger partial charge in [0.15, 0.2) is 0 Å². The number of benzene rings is 1. The lowest BCUT2D eigenvalue weighted by molar-refractivity contribution is -0.135. The van der Waals surface area contributed by atoms with Gasteiger partial charge in [0.05, 0.1) is 0 Å². The molecule has 0 atom stereocenters. The molecule has 190 valence electrons. The van der Waals surface area contributed by atoms with Crippen LogP contribution in [0.25, 0.3) is 0 Å². The van der Waals surface area contributed by atoms with E-state index in [2.05, 4.69) is 32.2 Å². The highest BCUT2D eigenvalue weighted by Crippen LogP contribution is 2.15. The van der Waals surface area contributed by atoms with Crippen molar-refractivity contribution in [3.63, 3.8) is 0 Å². The van der Waals surface area contributed by atoms with Crippen LogP contribution >= 0.6 is 0 Å². The van der Waals surface area contributed by atoms with E-state index in [0.717, 1.165) is 12.8 Å². The zero-order chi connectivity index (χ0) is 24.0. The molecule has 1 aromatic carbocycles. The van der Waals surface area contributed by atoms with Gasteiger partial charge in [-0.3, -0.25) is 4.79 Å². The Balaban J connectivity index is 1.82. The second kappa shape index (κ2) is 20.3. The molecule has 0 aromatic heterocycles. The quantitative estimate of drug-likeness (QED) is 0.123. The number of hydrogen-bond acceptors (Lipinski definition) is 2. The summed E-state index contributed by atoms with van der Waals surface area (Å²) in [6.07, 6.45) is 26.6. The van der Waals surface area contributed by atoms with Crippen LogP contribution in [0.2, 0.25) is 13.1 Å². The first-order valence-corrected chi connectivity index (χ1v) is 17.2. The lowest BCUT2D eigenvalue weighted by Gasteiger charge is -2.23. The van der Waals surface area contributed by atoms with Crippen LogP contribution in [0, 0.1) is 0 Å². The van der Waals surface area contributed by atoms with Crippen molar-refractivity contribution in [1.29, 1.82) is 0 Å². The molecule has 0 amide bonds. The summed E-state index contributed by atoms with van der Waals surface area (Å²) in [5.41, 5.74) is 0. The molecule has 0 spiro atoms. The van der Waals surface area contributed by atoms with Crippen LogP contribution in [0.1, 0.15) is 135 Å². The topological polar surface area (TPSA) is 26.3 Å². The van der Waals surface area contributed by atoms with Gasteiger partial charge in [-0.2, -0.15) is 0 Å². The van der Waals surface area contributed by atoms with Crippen molar-refractivity contribution in [2.24, 2.45) is 0 Å². The average molecular weight is 475 g/mol. The maximum atomic E-state index is 12.2. The third-order valence-electron chi connectivity index (χ3n) is 6.82. The molecule has 3 heteroatoms. The highest BCUT2D eigenvalue weighted by atomic mass is 28.4. The lowest BCUT2D eigenvalue weighted by atomic mass is 10.0. The van der Waals surface area contributed by atoms with E-state index in [1.54, 1.807) is 0 Å². The molecule has 0 radical (unpaired) electrons. The van der Waals surface area contributed by atoms with E-state index in [1.165, 1.54) is 114 Å². The van der Waals surface area contributed by atoms with Crippen molar-refractivity contribution in [3.8, 4) is 0 Å². The second-order valence-corrected chi connectivity index (χ2v) is 14.3. The van der Waals surface area contributed by atoms with Crippen molar-refractivity contribution >= 4 is 19.5 Å². The summed E-state index contributed by atoms with van der Waals surface area (Å²) in [5.74, 6) is -0.0116. The Morgan fingerprint density at radius 3 is 1.36 bits per heavy atom. The van der Waals surface area contributed by atoms with Crippen molar-refractivity contribution in [2.75, 3.05) is 0 Å². The van der Waals surface area contributed by atoms with E-state index in [1.807, 2.05) is 18.2 Å². The van der Waals surface area contributed by atoms with Crippen LogP contribution in [0.15, 0.2) is 30.3 Å².